The maximum Gasteiger partial charge on any atom is 0.234 e. The minimum atomic E-state index is -0.0748. The molecule has 0 saturated carbocycles. The van der Waals surface area contributed by atoms with Gasteiger partial charge in [-0.3, -0.25) is 14.5 Å². The summed E-state index contributed by atoms with van der Waals surface area (Å²) in [6, 6.07) is 0.135. The summed E-state index contributed by atoms with van der Waals surface area (Å²) >= 11 is 0. The second-order valence-electron chi connectivity index (χ2n) is 3.70. The van der Waals surface area contributed by atoms with Crippen molar-refractivity contribution in [3.63, 3.8) is 0 Å². The molecule has 0 bridgehead atoms. The first-order chi connectivity index (χ1) is 6.99. The molecule has 0 aromatic rings. The molecule has 2 N–H and O–H groups in total. The van der Waals surface area contributed by atoms with Crippen LogP contribution in [0.1, 0.15) is 20.8 Å². The molecule has 2 amide bonds. The van der Waals surface area contributed by atoms with Crippen molar-refractivity contribution in [2.75, 3.05) is 26.7 Å². The fourth-order valence-corrected chi connectivity index (χ4v) is 1.13. The summed E-state index contributed by atoms with van der Waals surface area (Å²) in [7, 11) is 1.59. The predicted octanol–water partition coefficient (Wildman–Crippen LogP) is -0.421. The molecule has 0 aliphatic rings. The molecule has 0 fully saturated rings. The zero-order chi connectivity index (χ0) is 11.8. The van der Waals surface area contributed by atoms with Gasteiger partial charge in [-0.05, 0) is 20.4 Å². The van der Waals surface area contributed by atoms with Gasteiger partial charge in [0.05, 0.1) is 13.1 Å². The highest BCUT2D eigenvalue weighted by Crippen LogP contribution is 1.88. The van der Waals surface area contributed by atoms with Gasteiger partial charge in [0, 0.05) is 13.1 Å². The Morgan fingerprint density at radius 2 is 1.73 bits per heavy atom. The van der Waals surface area contributed by atoms with Crippen molar-refractivity contribution < 1.29 is 9.59 Å². The summed E-state index contributed by atoms with van der Waals surface area (Å²) in [4.78, 5) is 24.3. The molecule has 15 heavy (non-hydrogen) atoms. The van der Waals surface area contributed by atoms with Crippen LogP contribution in [0.2, 0.25) is 0 Å². The lowest BCUT2D eigenvalue weighted by Gasteiger charge is -2.19. The number of carbonyl (C=O) groups is 2. The van der Waals surface area contributed by atoms with Crippen molar-refractivity contribution >= 4 is 11.8 Å². The highest BCUT2D eigenvalue weighted by atomic mass is 16.2. The predicted molar refractivity (Wildman–Crippen MR) is 59.5 cm³/mol. The molecule has 0 spiro atoms. The third-order valence-electron chi connectivity index (χ3n) is 1.91. The van der Waals surface area contributed by atoms with Crippen molar-refractivity contribution in [2.24, 2.45) is 0 Å². The minimum absolute atomic E-state index is 0.0456. The van der Waals surface area contributed by atoms with E-state index in [1.165, 1.54) is 0 Å². The Morgan fingerprint density at radius 1 is 1.20 bits per heavy atom. The summed E-state index contributed by atoms with van der Waals surface area (Å²) < 4.78 is 0. The number of nitrogens with one attached hydrogen (secondary N) is 2. The zero-order valence-corrected chi connectivity index (χ0v) is 9.96. The number of rotatable bonds is 6. The van der Waals surface area contributed by atoms with E-state index in [2.05, 4.69) is 10.6 Å². The van der Waals surface area contributed by atoms with Gasteiger partial charge in [0.2, 0.25) is 11.8 Å². The van der Waals surface area contributed by atoms with E-state index >= 15 is 0 Å². The normalized spacial score (nSPS) is 10.5. The van der Waals surface area contributed by atoms with Gasteiger partial charge >= 0.3 is 0 Å². The van der Waals surface area contributed by atoms with Crippen LogP contribution in [0.25, 0.3) is 0 Å². The lowest BCUT2D eigenvalue weighted by Crippen LogP contribution is -2.43. The van der Waals surface area contributed by atoms with E-state index in [1.54, 1.807) is 11.9 Å². The molecule has 0 rings (SSSR count). The molecule has 0 atom stereocenters. The molecule has 0 radical (unpaired) electrons. The number of nitrogens with zero attached hydrogens (tertiary/aromatic N) is 1. The smallest absolute Gasteiger partial charge is 0.234 e. The highest BCUT2D eigenvalue weighted by Gasteiger charge is 2.12. The van der Waals surface area contributed by atoms with Crippen LogP contribution in [0.5, 0.6) is 0 Å². The molecule has 5 heteroatoms. The second kappa shape index (κ2) is 7.23. The monoisotopic (exact) mass is 215 g/mol. The first-order valence-corrected chi connectivity index (χ1v) is 5.21. The Balaban J connectivity index is 3.98. The van der Waals surface area contributed by atoms with Crippen molar-refractivity contribution in [3.8, 4) is 0 Å². The van der Waals surface area contributed by atoms with Crippen molar-refractivity contribution in [1.82, 2.24) is 15.5 Å². The topological polar surface area (TPSA) is 61.4 Å². The van der Waals surface area contributed by atoms with Crippen LogP contribution >= 0.6 is 0 Å². The van der Waals surface area contributed by atoms with Gasteiger partial charge < -0.3 is 10.6 Å². The van der Waals surface area contributed by atoms with E-state index in [-0.39, 0.29) is 30.9 Å². The number of carbonyl (C=O) groups excluding carboxylic acids is 2. The van der Waals surface area contributed by atoms with E-state index in [4.69, 9.17) is 0 Å². The summed E-state index contributed by atoms with van der Waals surface area (Å²) in [5.74, 6) is -0.120. The zero-order valence-electron chi connectivity index (χ0n) is 9.96. The molecular weight excluding hydrogens is 194 g/mol. The van der Waals surface area contributed by atoms with Gasteiger partial charge in [-0.15, -0.1) is 0 Å². The summed E-state index contributed by atoms with van der Waals surface area (Å²) in [6.07, 6.45) is 0. The van der Waals surface area contributed by atoms with Crippen LogP contribution < -0.4 is 10.6 Å². The molecule has 88 valence electrons. The average Bonchev–Trinajstić information content (AvgIpc) is 2.15. The molecule has 0 aliphatic carbocycles. The van der Waals surface area contributed by atoms with E-state index < -0.39 is 0 Å². The van der Waals surface area contributed by atoms with Crippen LogP contribution in [0, 0.1) is 0 Å². The summed E-state index contributed by atoms with van der Waals surface area (Å²) in [6.45, 7) is 6.95. The fourth-order valence-electron chi connectivity index (χ4n) is 1.13. The lowest BCUT2D eigenvalue weighted by atomic mass is 10.3. The quantitative estimate of drug-likeness (QED) is 0.632. The molecular formula is C10H21N3O2. The van der Waals surface area contributed by atoms with Gasteiger partial charge in [-0.1, -0.05) is 6.92 Å². The van der Waals surface area contributed by atoms with E-state index in [0.717, 1.165) is 0 Å². The van der Waals surface area contributed by atoms with Crippen LogP contribution in [0.15, 0.2) is 0 Å². The molecule has 0 aromatic carbocycles. The molecule has 0 unspecified atom stereocenters. The Bertz CT molecular complexity index is 217. The van der Waals surface area contributed by atoms with Gasteiger partial charge in [-0.25, -0.2) is 0 Å². The Morgan fingerprint density at radius 3 is 2.13 bits per heavy atom. The van der Waals surface area contributed by atoms with E-state index in [0.29, 0.717) is 6.54 Å². The third kappa shape index (κ3) is 6.90. The minimum Gasteiger partial charge on any atom is -0.358 e. The maximum atomic E-state index is 11.4. The molecule has 0 heterocycles. The SMILES string of the molecule is CCN(CC(=O)NC)CC(=O)NC(C)C. The molecule has 5 nitrogen and oxygen atoms in total. The van der Waals surface area contributed by atoms with E-state index in [1.807, 2.05) is 20.8 Å². The van der Waals surface area contributed by atoms with Crippen molar-refractivity contribution in [3.05, 3.63) is 0 Å². The standard InChI is InChI=1S/C10H21N3O2/c1-5-13(6-9(14)11-4)7-10(15)12-8(2)3/h8H,5-7H2,1-4H3,(H,11,14)(H,12,15). The molecule has 0 saturated heterocycles. The second-order valence-corrected chi connectivity index (χ2v) is 3.70. The van der Waals surface area contributed by atoms with Gasteiger partial charge in [0.15, 0.2) is 0 Å². The third-order valence-corrected chi connectivity index (χ3v) is 1.91. The van der Waals surface area contributed by atoms with Gasteiger partial charge in [-0.2, -0.15) is 0 Å². The van der Waals surface area contributed by atoms with Gasteiger partial charge in [0.1, 0.15) is 0 Å². The largest absolute Gasteiger partial charge is 0.358 e. The molecule has 0 aliphatic heterocycles. The number of amides is 2. The summed E-state index contributed by atoms with van der Waals surface area (Å²) in [5.41, 5.74) is 0. The lowest BCUT2D eigenvalue weighted by molar-refractivity contribution is -0.125. The first-order valence-electron chi connectivity index (χ1n) is 5.21. The Hall–Kier alpha value is -1.10. The highest BCUT2D eigenvalue weighted by molar-refractivity contribution is 5.81. The van der Waals surface area contributed by atoms with Crippen LogP contribution in [0.3, 0.4) is 0 Å². The van der Waals surface area contributed by atoms with Crippen LogP contribution in [-0.4, -0.2) is 49.4 Å². The molecule has 0 aromatic heterocycles. The number of hydrogen-bond donors (Lipinski definition) is 2. The Labute approximate surface area is 91.2 Å². The van der Waals surface area contributed by atoms with Crippen LogP contribution in [-0.2, 0) is 9.59 Å². The van der Waals surface area contributed by atoms with Crippen LogP contribution in [0.4, 0.5) is 0 Å². The number of likely N-dealkylation sites (N-methyl/N-ethyl adjacent to an activating group) is 2. The van der Waals surface area contributed by atoms with Gasteiger partial charge in [0.25, 0.3) is 0 Å². The first kappa shape index (κ1) is 13.9. The van der Waals surface area contributed by atoms with Crippen molar-refractivity contribution in [2.45, 2.75) is 26.8 Å². The maximum absolute atomic E-state index is 11.4. The number of hydrogen-bond acceptors (Lipinski definition) is 3. The van der Waals surface area contributed by atoms with E-state index in [9.17, 15) is 9.59 Å². The summed E-state index contributed by atoms with van der Waals surface area (Å²) in [5, 5.41) is 5.32. The average molecular weight is 215 g/mol. The van der Waals surface area contributed by atoms with Crippen molar-refractivity contribution in [1.29, 1.82) is 0 Å². The fraction of sp³-hybridized carbons (Fsp3) is 0.800. The Kier molecular flexibility index (Phi) is 6.70.